The van der Waals surface area contributed by atoms with Gasteiger partial charge >= 0.3 is 5.97 Å². The summed E-state index contributed by atoms with van der Waals surface area (Å²) in [7, 11) is 0. The van der Waals surface area contributed by atoms with E-state index in [9.17, 15) is 4.79 Å². The van der Waals surface area contributed by atoms with Gasteiger partial charge in [0.05, 0.1) is 0 Å². The molecule has 16 heavy (non-hydrogen) atoms. The Morgan fingerprint density at radius 3 is 2.12 bits per heavy atom. The Kier molecular flexibility index (Phi) is 5.58. The third-order valence-corrected chi connectivity index (χ3v) is 3.28. The number of ether oxygens (including phenoxy) is 1. The van der Waals surface area contributed by atoms with Crippen molar-refractivity contribution in [1.29, 1.82) is 0 Å². The summed E-state index contributed by atoms with van der Waals surface area (Å²) in [4.78, 5) is 11.9. The van der Waals surface area contributed by atoms with Crippen LogP contribution in [0.1, 0.15) is 65.7 Å². The summed E-state index contributed by atoms with van der Waals surface area (Å²) in [6.45, 7) is 5.97. The first-order chi connectivity index (χ1) is 7.65. The normalized spacial score (nSPS) is 17.7. The molecule has 0 N–H and O–H groups in total. The standard InChI is InChI=1S/C14H24O2/c1-4-13(11(2)3)14(15)16-12-9-7-5-6-8-10-12/h12H,4-10H2,1-3H3. The highest BCUT2D eigenvalue weighted by Gasteiger charge is 2.18. The first-order valence-corrected chi connectivity index (χ1v) is 6.52. The molecule has 1 fully saturated rings. The van der Waals surface area contributed by atoms with E-state index in [2.05, 4.69) is 0 Å². The van der Waals surface area contributed by atoms with Crippen molar-refractivity contribution in [3.05, 3.63) is 11.1 Å². The molecule has 0 unspecified atom stereocenters. The Morgan fingerprint density at radius 2 is 1.69 bits per heavy atom. The van der Waals surface area contributed by atoms with Crippen LogP contribution in [0.2, 0.25) is 0 Å². The van der Waals surface area contributed by atoms with Gasteiger partial charge in [0.2, 0.25) is 0 Å². The average Bonchev–Trinajstić information content (AvgIpc) is 2.46. The molecular formula is C14H24O2. The largest absolute Gasteiger partial charge is 0.459 e. The Morgan fingerprint density at radius 1 is 1.12 bits per heavy atom. The Labute approximate surface area is 99.1 Å². The van der Waals surface area contributed by atoms with Gasteiger partial charge in [0.1, 0.15) is 6.10 Å². The van der Waals surface area contributed by atoms with E-state index in [1.165, 1.54) is 25.7 Å². The summed E-state index contributed by atoms with van der Waals surface area (Å²) in [5.74, 6) is -0.0885. The zero-order valence-electron chi connectivity index (χ0n) is 10.8. The number of hydrogen-bond donors (Lipinski definition) is 0. The number of hydrogen-bond acceptors (Lipinski definition) is 2. The average molecular weight is 224 g/mol. The number of carbonyl (C=O) groups is 1. The summed E-state index contributed by atoms with van der Waals surface area (Å²) in [5, 5.41) is 0. The van der Waals surface area contributed by atoms with Crippen molar-refractivity contribution in [2.45, 2.75) is 71.8 Å². The Balaban J connectivity index is 2.52. The van der Waals surface area contributed by atoms with E-state index in [1.807, 2.05) is 20.8 Å². The van der Waals surface area contributed by atoms with Gasteiger partial charge in [0, 0.05) is 5.57 Å². The topological polar surface area (TPSA) is 26.3 Å². The third kappa shape index (κ3) is 3.99. The van der Waals surface area contributed by atoms with Gasteiger partial charge < -0.3 is 4.74 Å². The van der Waals surface area contributed by atoms with Crippen LogP contribution in [0.15, 0.2) is 11.1 Å². The van der Waals surface area contributed by atoms with E-state index < -0.39 is 0 Å². The molecular weight excluding hydrogens is 200 g/mol. The molecule has 0 bridgehead atoms. The van der Waals surface area contributed by atoms with Crippen molar-refractivity contribution in [3.8, 4) is 0 Å². The van der Waals surface area contributed by atoms with E-state index in [-0.39, 0.29) is 12.1 Å². The third-order valence-electron chi connectivity index (χ3n) is 3.28. The number of esters is 1. The zero-order valence-corrected chi connectivity index (χ0v) is 10.8. The molecule has 2 nitrogen and oxygen atoms in total. The van der Waals surface area contributed by atoms with Gasteiger partial charge in [-0.2, -0.15) is 0 Å². The maximum Gasteiger partial charge on any atom is 0.334 e. The van der Waals surface area contributed by atoms with Crippen LogP contribution in [0.4, 0.5) is 0 Å². The lowest BCUT2D eigenvalue weighted by Gasteiger charge is -2.17. The number of allylic oxidation sites excluding steroid dienone is 1. The fraction of sp³-hybridized carbons (Fsp3) is 0.786. The molecule has 0 aliphatic heterocycles. The summed E-state index contributed by atoms with van der Waals surface area (Å²) >= 11 is 0. The SMILES string of the molecule is CCC(C(=O)OC1CCCCCC1)=C(C)C. The monoisotopic (exact) mass is 224 g/mol. The maximum atomic E-state index is 11.9. The molecule has 0 saturated heterocycles. The van der Waals surface area contributed by atoms with Crippen LogP contribution in [0.3, 0.4) is 0 Å². The van der Waals surface area contributed by atoms with Gasteiger partial charge in [-0.25, -0.2) is 4.79 Å². The van der Waals surface area contributed by atoms with Gasteiger partial charge in [-0.05, 0) is 46.0 Å². The summed E-state index contributed by atoms with van der Waals surface area (Å²) in [6, 6.07) is 0. The molecule has 0 heterocycles. The molecule has 1 rings (SSSR count). The van der Waals surface area contributed by atoms with E-state index >= 15 is 0 Å². The minimum Gasteiger partial charge on any atom is -0.459 e. The van der Waals surface area contributed by atoms with Crippen LogP contribution in [-0.2, 0) is 9.53 Å². The molecule has 0 amide bonds. The smallest absolute Gasteiger partial charge is 0.334 e. The van der Waals surface area contributed by atoms with Crippen LogP contribution < -0.4 is 0 Å². The van der Waals surface area contributed by atoms with E-state index in [0.29, 0.717) is 0 Å². The van der Waals surface area contributed by atoms with Crippen molar-refractivity contribution in [2.24, 2.45) is 0 Å². The van der Waals surface area contributed by atoms with Crippen LogP contribution in [0.25, 0.3) is 0 Å². The molecule has 0 aromatic heterocycles. The second-order valence-electron chi connectivity index (χ2n) is 4.85. The van der Waals surface area contributed by atoms with E-state index in [1.54, 1.807) is 0 Å². The highest BCUT2D eigenvalue weighted by molar-refractivity contribution is 5.89. The van der Waals surface area contributed by atoms with Crippen molar-refractivity contribution in [3.63, 3.8) is 0 Å². The van der Waals surface area contributed by atoms with Crippen molar-refractivity contribution >= 4 is 5.97 Å². The van der Waals surface area contributed by atoms with Crippen LogP contribution >= 0.6 is 0 Å². The second kappa shape index (κ2) is 6.72. The predicted octanol–water partition coefficient (Wildman–Crippen LogP) is 4.00. The molecule has 1 saturated carbocycles. The van der Waals surface area contributed by atoms with Gasteiger partial charge in [-0.1, -0.05) is 25.3 Å². The van der Waals surface area contributed by atoms with Crippen LogP contribution in [0, 0.1) is 0 Å². The molecule has 2 heteroatoms. The van der Waals surface area contributed by atoms with Crippen molar-refractivity contribution in [2.75, 3.05) is 0 Å². The molecule has 0 radical (unpaired) electrons. The highest BCUT2D eigenvalue weighted by Crippen LogP contribution is 2.21. The second-order valence-corrected chi connectivity index (χ2v) is 4.85. The van der Waals surface area contributed by atoms with Crippen molar-refractivity contribution in [1.82, 2.24) is 0 Å². The van der Waals surface area contributed by atoms with Gasteiger partial charge in [0.15, 0.2) is 0 Å². The minimum atomic E-state index is -0.0885. The number of carbonyl (C=O) groups excluding carboxylic acids is 1. The first kappa shape index (κ1) is 13.3. The zero-order chi connectivity index (χ0) is 12.0. The predicted molar refractivity (Wildman–Crippen MR) is 66.2 cm³/mol. The van der Waals surface area contributed by atoms with E-state index in [0.717, 1.165) is 30.4 Å². The Bertz CT molecular complexity index is 254. The lowest BCUT2D eigenvalue weighted by atomic mass is 10.1. The van der Waals surface area contributed by atoms with Gasteiger partial charge in [-0.3, -0.25) is 0 Å². The quantitative estimate of drug-likeness (QED) is 0.411. The lowest BCUT2D eigenvalue weighted by Crippen LogP contribution is -2.19. The molecule has 0 spiro atoms. The molecule has 1 aliphatic carbocycles. The summed E-state index contributed by atoms with van der Waals surface area (Å²) < 4.78 is 5.59. The summed E-state index contributed by atoms with van der Waals surface area (Å²) in [6.07, 6.45) is 8.01. The van der Waals surface area contributed by atoms with Crippen LogP contribution in [0.5, 0.6) is 0 Å². The van der Waals surface area contributed by atoms with Gasteiger partial charge in [-0.15, -0.1) is 0 Å². The molecule has 92 valence electrons. The Hall–Kier alpha value is -0.790. The fourth-order valence-electron chi connectivity index (χ4n) is 2.28. The van der Waals surface area contributed by atoms with Crippen LogP contribution in [-0.4, -0.2) is 12.1 Å². The molecule has 0 aromatic rings. The van der Waals surface area contributed by atoms with Crippen molar-refractivity contribution < 1.29 is 9.53 Å². The maximum absolute atomic E-state index is 11.9. The fourth-order valence-corrected chi connectivity index (χ4v) is 2.28. The number of rotatable bonds is 3. The van der Waals surface area contributed by atoms with Gasteiger partial charge in [0.25, 0.3) is 0 Å². The lowest BCUT2D eigenvalue weighted by molar-refractivity contribution is -0.145. The van der Waals surface area contributed by atoms with E-state index in [4.69, 9.17) is 4.74 Å². The minimum absolute atomic E-state index is 0.0885. The summed E-state index contributed by atoms with van der Waals surface area (Å²) in [5.41, 5.74) is 1.94. The molecule has 0 aromatic carbocycles. The molecule has 0 atom stereocenters. The molecule has 1 aliphatic rings. The highest BCUT2D eigenvalue weighted by atomic mass is 16.5. The first-order valence-electron chi connectivity index (χ1n) is 6.52.